The number of hydroxylamine groups is 2. The Morgan fingerprint density at radius 1 is 1.26 bits per heavy atom. The summed E-state index contributed by atoms with van der Waals surface area (Å²) in [5, 5.41) is 1.42. The summed E-state index contributed by atoms with van der Waals surface area (Å²) in [4.78, 5) is 17.5. The quantitative estimate of drug-likeness (QED) is 0.559. The molecule has 23 heavy (non-hydrogen) atoms. The molecule has 0 radical (unpaired) electrons. The van der Waals surface area contributed by atoms with Crippen LogP contribution in [0.25, 0.3) is 0 Å². The fourth-order valence-corrected chi connectivity index (χ4v) is 3.27. The molecule has 1 rings (SSSR count). The Morgan fingerprint density at radius 2 is 1.83 bits per heavy atom. The molecule has 134 valence electrons. The van der Waals surface area contributed by atoms with Crippen molar-refractivity contribution in [3.05, 3.63) is 11.6 Å². The Bertz CT molecular complexity index is 460. The molecule has 0 aromatic heterocycles. The molecule has 0 N–H and O–H groups in total. The number of carbonyl (C=O) groups excluding carboxylic acids is 1. The normalized spacial score (nSPS) is 18.5. The molecule has 0 fully saturated rings. The fraction of sp³-hybridized carbons (Fsp3) is 0.824. The van der Waals surface area contributed by atoms with Gasteiger partial charge in [-0.1, -0.05) is 26.8 Å². The molecule has 0 spiro atoms. The molecule has 0 bridgehead atoms. The molecule has 0 aromatic rings. The van der Waals surface area contributed by atoms with Gasteiger partial charge in [0.15, 0.2) is 8.32 Å². The second-order valence-electron chi connectivity index (χ2n) is 8.61. The second kappa shape index (κ2) is 6.95. The van der Waals surface area contributed by atoms with Gasteiger partial charge in [-0.05, 0) is 51.4 Å². The summed E-state index contributed by atoms with van der Waals surface area (Å²) in [5.74, 6) is 0. The van der Waals surface area contributed by atoms with E-state index in [1.165, 1.54) is 5.06 Å². The number of ether oxygens (including phenoxy) is 1. The summed E-state index contributed by atoms with van der Waals surface area (Å²) >= 11 is 0. The largest absolute Gasteiger partial charge is 0.442 e. The van der Waals surface area contributed by atoms with Crippen molar-refractivity contribution >= 4 is 14.4 Å². The van der Waals surface area contributed by atoms with Crippen molar-refractivity contribution in [2.45, 2.75) is 78.3 Å². The molecule has 1 aliphatic heterocycles. The van der Waals surface area contributed by atoms with Gasteiger partial charge in [0.05, 0.1) is 19.3 Å². The molecule has 1 atom stereocenters. The number of hydrogen-bond donors (Lipinski definition) is 0. The first-order valence-corrected chi connectivity index (χ1v) is 11.1. The maximum Gasteiger partial charge on any atom is 0.434 e. The van der Waals surface area contributed by atoms with E-state index in [0.717, 1.165) is 5.57 Å². The monoisotopic (exact) mass is 343 g/mol. The predicted octanol–water partition coefficient (Wildman–Crippen LogP) is 4.51. The van der Waals surface area contributed by atoms with Crippen LogP contribution >= 0.6 is 0 Å². The van der Waals surface area contributed by atoms with Crippen LogP contribution in [0.5, 0.6) is 0 Å². The molecule has 5 nitrogen and oxygen atoms in total. The van der Waals surface area contributed by atoms with Gasteiger partial charge in [0.25, 0.3) is 0 Å². The second-order valence-corrected chi connectivity index (χ2v) is 13.4. The molecule has 0 saturated carbocycles. The van der Waals surface area contributed by atoms with E-state index in [9.17, 15) is 4.79 Å². The zero-order valence-electron chi connectivity index (χ0n) is 16.1. The highest BCUT2D eigenvalue weighted by Gasteiger charge is 2.39. The Labute approximate surface area is 142 Å². The number of carbonyl (C=O) groups is 1. The van der Waals surface area contributed by atoms with Crippen LogP contribution in [0, 0.1) is 0 Å². The maximum atomic E-state index is 12.0. The van der Waals surface area contributed by atoms with Crippen LogP contribution in [-0.4, -0.2) is 44.3 Å². The fourth-order valence-electron chi connectivity index (χ4n) is 1.88. The zero-order chi connectivity index (χ0) is 18.1. The van der Waals surface area contributed by atoms with Crippen molar-refractivity contribution in [2.24, 2.45) is 0 Å². The summed E-state index contributed by atoms with van der Waals surface area (Å²) in [6, 6.07) is 0. The highest BCUT2D eigenvalue weighted by molar-refractivity contribution is 6.74. The average molecular weight is 344 g/mol. The molecule has 0 aromatic carbocycles. The number of rotatable bonds is 3. The van der Waals surface area contributed by atoms with Crippen molar-refractivity contribution < 1.29 is 18.8 Å². The summed E-state index contributed by atoms with van der Waals surface area (Å²) in [6.45, 7) is 19.5. The number of nitrogens with zero attached hydrogens (tertiary/aromatic N) is 1. The molecule has 1 aliphatic rings. The van der Waals surface area contributed by atoms with Crippen molar-refractivity contribution in [2.75, 3.05) is 13.2 Å². The minimum Gasteiger partial charge on any atom is -0.442 e. The molecule has 1 heterocycles. The van der Waals surface area contributed by atoms with Gasteiger partial charge in [0.1, 0.15) is 5.60 Å². The van der Waals surface area contributed by atoms with E-state index in [1.807, 2.05) is 26.8 Å². The minimum absolute atomic E-state index is 0.00308. The van der Waals surface area contributed by atoms with Crippen molar-refractivity contribution in [1.82, 2.24) is 5.06 Å². The first kappa shape index (κ1) is 20.2. The van der Waals surface area contributed by atoms with Gasteiger partial charge in [-0.2, -0.15) is 5.06 Å². The van der Waals surface area contributed by atoms with Gasteiger partial charge in [0.2, 0.25) is 0 Å². The Balaban J connectivity index is 2.64. The van der Waals surface area contributed by atoms with Crippen LogP contribution in [0.1, 0.15) is 48.5 Å². The average Bonchev–Trinajstić information content (AvgIpc) is 2.35. The molecule has 1 amide bonds. The van der Waals surface area contributed by atoms with Gasteiger partial charge >= 0.3 is 6.09 Å². The molecule has 6 heteroatoms. The third-order valence-electron chi connectivity index (χ3n) is 4.30. The third kappa shape index (κ3) is 5.93. The minimum atomic E-state index is -1.82. The van der Waals surface area contributed by atoms with Crippen LogP contribution in [0.3, 0.4) is 0 Å². The van der Waals surface area contributed by atoms with Crippen molar-refractivity contribution in [1.29, 1.82) is 0 Å². The molecular weight excluding hydrogens is 310 g/mol. The standard InChI is InChI=1S/C17H33NO4Si/c1-13(22-23(8,9)17(5,6)7)14-10-11-18(20-12-14)15(19)21-16(2,3)4/h10,13H,11-12H2,1-9H3. The van der Waals surface area contributed by atoms with Crippen molar-refractivity contribution in [3.63, 3.8) is 0 Å². The zero-order valence-corrected chi connectivity index (χ0v) is 17.1. The van der Waals surface area contributed by atoms with E-state index in [2.05, 4.69) is 40.8 Å². The van der Waals surface area contributed by atoms with Gasteiger partial charge in [0, 0.05) is 0 Å². The lowest BCUT2D eigenvalue weighted by atomic mass is 10.1. The van der Waals surface area contributed by atoms with E-state index in [0.29, 0.717) is 13.2 Å². The summed E-state index contributed by atoms with van der Waals surface area (Å²) in [6.07, 6.45) is 1.55. The topological polar surface area (TPSA) is 48.0 Å². The maximum absolute atomic E-state index is 12.0. The van der Waals surface area contributed by atoms with E-state index in [-0.39, 0.29) is 11.1 Å². The van der Waals surface area contributed by atoms with Crippen LogP contribution in [0.15, 0.2) is 11.6 Å². The predicted molar refractivity (Wildman–Crippen MR) is 94.7 cm³/mol. The first-order chi connectivity index (χ1) is 10.2. The highest BCUT2D eigenvalue weighted by Crippen LogP contribution is 2.38. The summed E-state index contributed by atoms with van der Waals surface area (Å²) in [5.41, 5.74) is 0.554. The molecule has 0 saturated heterocycles. The van der Waals surface area contributed by atoms with Crippen LogP contribution in [0.4, 0.5) is 4.79 Å². The van der Waals surface area contributed by atoms with E-state index in [4.69, 9.17) is 14.0 Å². The van der Waals surface area contributed by atoms with E-state index >= 15 is 0 Å². The van der Waals surface area contributed by atoms with Crippen molar-refractivity contribution in [3.8, 4) is 0 Å². The Kier molecular flexibility index (Phi) is 6.10. The van der Waals surface area contributed by atoms with E-state index in [1.54, 1.807) is 0 Å². The summed E-state index contributed by atoms with van der Waals surface area (Å²) in [7, 11) is -1.82. The summed E-state index contributed by atoms with van der Waals surface area (Å²) < 4.78 is 11.7. The smallest absolute Gasteiger partial charge is 0.434 e. The van der Waals surface area contributed by atoms with Gasteiger partial charge in [-0.3, -0.25) is 4.84 Å². The number of amides is 1. The lowest BCUT2D eigenvalue weighted by Crippen LogP contribution is -2.45. The molecule has 1 unspecified atom stereocenters. The first-order valence-electron chi connectivity index (χ1n) is 8.23. The highest BCUT2D eigenvalue weighted by atomic mass is 28.4. The van der Waals surface area contributed by atoms with Crippen LogP contribution in [0.2, 0.25) is 18.1 Å². The van der Waals surface area contributed by atoms with Gasteiger partial charge in [-0.25, -0.2) is 4.79 Å². The molecular formula is C17H33NO4Si. The van der Waals surface area contributed by atoms with Gasteiger partial charge < -0.3 is 9.16 Å². The number of hydrogen-bond acceptors (Lipinski definition) is 4. The van der Waals surface area contributed by atoms with Gasteiger partial charge in [-0.15, -0.1) is 0 Å². The third-order valence-corrected chi connectivity index (χ3v) is 8.86. The Morgan fingerprint density at radius 3 is 2.22 bits per heavy atom. The lowest BCUT2D eigenvalue weighted by Gasteiger charge is -2.39. The van der Waals surface area contributed by atoms with Crippen LogP contribution < -0.4 is 0 Å². The van der Waals surface area contributed by atoms with Crippen LogP contribution in [-0.2, 0) is 14.0 Å². The SMILES string of the molecule is CC(O[Si](C)(C)C(C)(C)C)C1=CCN(C(=O)OC(C)(C)C)OC1. The molecule has 0 aliphatic carbocycles. The van der Waals surface area contributed by atoms with E-state index < -0.39 is 20.0 Å². The lowest BCUT2D eigenvalue weighted by molar-refractivity contribution is -0.141. The Hall–Kier alpha value is -0.853.